The van der Waals surface area contributed by atoms with E-state index in [9.17, 15) is 4.79 Å². The molecular weight excluding hydrogens is 340 g/mol. The van der Waals surface area contributed by atoms with E-state index in [4.69, 9.17) is 21.1 Å². The van der Waals surface area contributed by atoms with Crippen LogP contribution in [0.15, 0.2) is 65.6 Å². The molecule has 1 unspecified atom stereocenters. The van der Waals surface area contributed by atoms with Gasteiger partial charge in [0, 0.05) is 17.3 Å². The molecule has 25 heavy (non-hydrogen) atoms. The number of halogens is 1. The van der Waals surface area contributed by atoms with Gasteiger partial charge in [-0.2, -0.15) is 4.98 Å². The second-order valence-corrected chi connectivity index (χ2v) is 6.22. The average Bonchev–Trinajstić information content (AvgIpc) is 3.02. The topological polar surface area (TPSA) is 53.4 Å². The summed E-state index contributed by atoms with van der Waals surface area (Å²) in [5.74, 6) is 0.757. The zero-order valence-electron chi connectivity index (χ0n) is 13.3. The lowest BCUT2D eigenvalue weighted by molar-refractivity contribution is 0.143. The van der Waals surface area contributed by atoms with Crippen molar-refractivity contribution in [2.24, 2.45) is 0 Å². The van der Waals surface area contributed by atoms with Gasteiger partial charge in [-0.05, 0) is 35.4 Å². The number of ether oxygens (including phenoxy) is 2. The number of benzene rings is 2. The number of nitrogens with zero attached hydrogens (tertiary/aromatic N) is 2. The summed E-state index contributed by atoms with van der Waals surface area (Å²) in [7, 11) is 0. The lowest BCUT2D eigenvalue weighted by Crippen LogP contribution is -2.23. The van der Waals surface area contributed by atoms with Crippen LogP contribution in [0.2, 0.25) is 5.02 Å². The Balaban J connectivity index is 1.39. The molecule has 5 nitrogen and oxygen atoms in total. The molecule has 4 rings (SSSR count). The monoisotopic (exact) mass is 354 g/mol. The fourth-order valence-corrected chi connectivity index (χ4v) is 2.93. The van der Waals surface area contributed by atoms with Crippen LogP contribution >= 0.6 is 11.6 Å². The Labute approximate surface area is 149 Å². The SMILES string of the molecule is O=c1ccn2c(n1)OC(COc1ccc(-c3cccc(Cl)c3)cc1)C2. The molecule has 2 aromatic carbocycles. The summed E-state index contributed by atoms with van der Waals surface area (Å²) in [6.45, 7) is 0.997. The van der Waals surface area contributed by atoms with E-state index < -0.39 is 0 Å². The summed E-state index contributed by atoms with van der Waals surface area (Å²) < 4.78 is 13.2. The lowest BCUT2D eigenvalue weighted by Gasteiger charge is -2.11. The van der Waals surface area contributed by atoms with Crippen molar-refractivity contribution in [2.75, 3.05) is 6.61 Å². The Kier molecular flexibility index (Phi) is 4.15. The summed E-state index contributed by atoms with van der Waals surface area (Å²) in [5, 5.41) is 0.711. The van der Waals surface area contributed by atoms with Gasteiger partial charge in [0.25, 0.3) is 11.6 Å². The zero-order chi connectivity index (χ0) is 17.2. The molecule has 0 N–H and O–H groups in total. The Bertz CT molecular complexity index is 953. The van der Waals surface area contributed by atoms with E-state index in [1.807, 2.05) is 48.5 Å². The Morgan fingerprint density at radius 2 is 2.00 bits per heavy atom. The van der Waals surface area contributed by atoms with Gasteiger partial charge in [-0.1, -0.05) is 35.9 Å². The highest BCUT2D eigenvalue weighted by molar-refractivity contribution is 6.30. The van der Waals surface area contributed by atoms with Gasteiger partial charge < -0.3 is 9.47 Å². The molecule has 1 aromatic heterocycles. The molecule has 3 aromatic rings. The molecule has 0 fully saturated rings. The molecule has 0 saturated heterocycles. The predicted molar refractivity (Wildman–Crippen MR) is 95.3 cm³/mol. The first-order valence-electron chi connectivity index (χ1n) is 7.90. The minimum Gasteiger partial charge on any atom is -0.490 e. The molecule has 1 aliphatic heterocycles. The van der Waals surface area contributed by atoms with E-state index in [0.29, 0.717) is 24.2 Å². The fraction of sp³-hybridized carbons (Fsp3) is 0.158. The Morgan fingerprint density at radius 3 is 2.80 bits per heavy atom. The first-order valence-corrected chi connectivity index (χ1v) is 8.28. The summed E-state index contributed by atoms with van der Waals surface area (Å²) in [6, 6.07) is 17.3. The summed E-state index contributed by atoms with van der Waals surface area (Å²) in [5.41, 5.74) is 1.83. The van der Waals surface area contributed by atoms with E-state index in [0.717, 1.165) is 16.9 Å². The molecule has 0 bridgehead atoms. The second-order valence-electron chi connectivity index (χ2n) is 5.79. The van der Waals surface area contributed by atoms with E-state index in [-0.39, 0.29) is 11.7 Å². The zero-order valence-corrected chi connectivity index (χ0v) is 14.0. The molecule has 1 atom stereocenters. The van der Waals surface area contributed by atoms with Gasteiger partial charge in [0.05, 0.1) is 6.54 Å². The van der Waals surface area contributed by atoms with Crippen LogP contribution in [0.4, 0.5) is 0 Å². The Morgan fingerprint density at radius 1 is 1.16 bits per heavy atom. The van der Waals surface area contributed by atoms with Gasteiger partial charge in [0.1, 0.15) is 12.4 Å². The van der Waals surface area contributed by atoms with Crippen LogP contribution in [0.3, 0.4) is 0 Å². The van der Waals surface area contributed by atoms with Gasteiger partial charge in [-0.15, -0.1) is 0 Å². The van der Waals surface area contributed by atoms with E-state index in [2.05, 4.69) is 4.98 Å². The second kappa shape index (κ2) is 6.61. The third kappa shape index (κ3) is 3.51. The van der Waals surface area contributed by atoms with Crippen LogP contribution in [0, 0.1) is 0 Å². The van der Waals surface area contributed by atoms with Crippen LogP contribution in [-0.2, 0) is 6.54 Å². The van der Waals surface area contributed by atoms with E-state index >= 15 is 0 Å². The van der Waals surface area contributed by atoms with Crippen molar-refractivity contribution in [3.63, 3.8) is 0 Å². The molecule has 6 heteroatoms. The standard InChI is InChI=1S/C19H15ClN2O3/c20-15-3-1-2-14(10-15)13-4-6-16(7-5-13)24-12-17-11-22-9-8-18(23)21-19(22)25-17/h1-10,17H,11-12H2. The summed E-state index contributed by atoms with van der Waals surface area (Å²) >= 11 is 6.03. The van der Waals surface area contributed by atoms with Gasteiger partial charge in [-0.25, -0.2) is 0 Å². The number of fused-ring (bicyclic) bond motifs is 1. The van der Waals surface area contributed by atoms with Gasteiger partial charge in [-0.3, -0.25) is 9.36 Å². The fourth-order valence-electron chi connectivity index (χ4n) is 2.74. The highest BCUT2D eigenvalue weighted by atomic mass is 35.5. The number of aromatic nitrogens is 2. The largest absolute Gasteiger partial charge is 0.490 e. The maximum Gasteiger partial charge on any atom is 0.300 e. The molecule has 0 amide bonds. The van der Waals surface area contributed by atoms with Crippen LogP contribution in [0.25, 0.3) is 11.1 Å². The molecule has 126 valence electrons. The van der Waals surface area contributed by atoms with E-state index in [1.54, 1.807) is 10.8 Å². The molecule has 0 saturated carbocycles. The minimum atomic E-state index is -0.301. The first-order chi connectivity index (χ1) is 12.2. The van der Waals surface area contributed by atoms with Gasteiger partial charge in [0.15, 0.2) is 6.10 Å². The number of hydrogen-bond donors (Lipinski definition) is 0. The van der Waals surface area contributed by atoms with Crippen molar-refractivity contribution in [2.45, 2.75) is 12.6 Å². The van der Waals surface area contributed by atoms with Crippen molar-refractivity contribution in [1.82, 2.24) is 9.55 Å². The van der Waals surface area contributed by atoms with E-state index in [1.165, 1.54) is 6.07 Å². The molecular formula is C19H15ClN2O3. The van der Waals surface area contributed by atoms with Gasteiger partial charge in [0.2, 0.25) is 0 Å². The normalized spacial score (nSPS) is 15.5. The van der Waals surface area contributed by atoms with Crippen LogP contribution in [0.5, 0.6) is 11.8 Å². The Hall–Kier alpha value is -2.79. The van der Waals surface area contributed by atoms with Crippen LogP contribution in [0.1, 0.15) is 0 Å². The van der Waals surface area contributed by atoms with Crippen molar-refractivity contribution < 1.29 is 9.47 Å². The summed E-state index contributed by atoms with van der Waals surface area (Å²) in [6.07, 6.45) is 1.52. The summed E-state index contributed by atoms with van der Waals surface area (Å²) in [4.78, 5) is 15.1. The third-order valence-electron chi connectivity index (χ3n) is 3.97. The van der Waals surface area contributed by atoms with Gasteiger partial charge >= 0.3 is 0 Å². The van der Waals surface area contributed by atoms with Crippen LogP contribution < -0.4 is 15.0 Å². The van der Waals surface area contributed by atoms with Crippen LogP contribution in [-0.4, -0.2) is 22.3 Å². The minimum absolute atomic E-state index is 0.165. The lowest BCUT2D eigenvalue weighted by atomic mass is 10.1. The maximum absolute atomic E-state index is 11.2. The molecule has 0 radical (unpaired) electrons. The number of rotatable bonds is 4. The maximum atomic E-state index is 11.2. The highest BCUT2D eigenvalue weighted by Crippen LogP contribution is 2.25. The van der Waals surface area contributed by atoms with Crippen molar-refractivity contribution >= 4 is 11.6 Å². The molecule has 0 aliphatic carbocycles. The third-order valence-corrected chi connectivity index (χ3v) is 4.20. The molecule has 1 aliphatic rings. The quantitative estimate of drug-likeness (QED) is 0.720. The number of hydrogen-bond acceptors (Lipinski definition) is 4. The smallest absolute Gasteiger partial charge is 0.300 e. The predicted octanol–water partition coefficient (Wildman–Crippen LogP) is 3.40. The first kappa shape index (κ1) is 15.7. The van der Waals surface area contributed by atoms with Crippen molar-refractivity contribution in [3.8, 4) is 22.9 Å². The van der Waals surface area contributed by atoms with Crippen molar-refractivity contribution in [3.05, 3.63) is 76.2 Å². The molecule has 2 heterocycles. The highest BCUT2D eigenvalue weighted by Gasteiger charge is 2.23. The van der Waals surface area contributed by atoms with Crippen molar-refractivity contribution in [1.29, 1.82) is 0 Å². The average molecular weight is 355 g/mol. The molecule has 0 spiro atoms.